The summed E-state index contributed by atoms with van der Waals surface area (Å²) in [7, 11) is 0. The molecule has 2 aliphatic heterocycles. The Morgan fingerprint density at radius 1 is 1.13 bits per heavy atom. The van der Waals surface area contributed by atoms with E-state index < -0.39 is 5.82 Å². The molecule has 5 rings (SSSR count). The summed E-state index contributed by atoms with van der Waals surface area (Å²) in [4.78, 5) is 14.2. The number of hydrogen-bond acceptors (Lipinski definition) is 4. The summed E-state index contributed by atoms with van der Waals surface area (Å²) < 4.78 is 23.0. The number of aryl methyl sites for hydroxylation is 3. The lowest BCUT2D eigenvalue weighted by atomic mass is 9.86. The quantitative estimate of drug-likeness (QED) is 0.407. The zero-order valence-electron chi connectivity index (χ0n) is 23.7. The zero-order chi connectivity index (χ0) is 27.4. The van der Waals surface area contributed by atoms with Crippen LogP contribution in [0.25, 0.3) is 16.9 Å². The minimum absolute atomic E-state index is 0.128. The summed E-state index contributed by atoms with van der Waals surface area (Å²) in [5.41, 5.74) is 8.37. The third kappa shape index (κ3) is 4.35. The number of nitrogens with zero attached hydrogens (tertiary/aromatic N) is 3. The molecule has 2 aliphatic rings. The van der Waals surface area contributed by atoms with Crippen LogP contribution in [0.5, 0.6) is 0 Å². The molecule has 38 heavy (non-hydrogen) atoms. The second-order valence-corrected chi connectivity index (χ2v) is 11.8. The molecule has 1 N–H and O–H groups in total. The Bertz CT molecular complexity index is 1380. The molecule has 0 unspecified atom stereocenters. The van der Waals surface area contributed by atoms with Crippen molar-refractivity contribution in [1.82, 2.24) is 14.7 Å². The van der Waals surface area contributed by atoms with Gasteiger partial charge in [-0.05, 0) is 62.4 Å². The maximum absolute atomic E-state index is 15.4. The molecule has 3 heterocycles. The van der Waals surface area contributed by atoms with E-state index in [1.807, 2.05) is 6.92 Å². The fourth-order valence-electron chi connectivity index (χ4n) is 6.03. The van der Waals surface area contributed by atoms with Gasteiger partial charge in [0.15, 0.2) is 0 Å². The number of anilines is 1. The van der Waals surface area contributed by atoms with E-state index in [-0.39, 0.29) is 22.5 Å². The predicted molar refractivity (Wildman–Crippen MR) is 149 cm³/mol. The van der Waals surface area contributed by atoms with Crippen LogP contribution >= 0.6 is 0 Å². The highest BCUT2D eigenvalue weighted by atomic mass is 19.1. The van der Waals surface area contributed by atoms with Gasteiger partial charge in [-0.2, -0.15) is 5.10 Å². The summed E-state index contributed by atoms with van der Waals surface area (Å²) in [6.45, 7) is 17.6. The Kier molecular flexibility index (Phi) is 6.72. The maximum Gasteiger partial charge on any atom is 0.221 e. The first kappa shape index (κ1) is 26.6. The highest BCUT2D eigenvalue weighted by Gasteiger charge is 2.47. The van der Waals surface area contributed by atoms with Gasteiger partial charge in [0.05, 0.1) is 41.5 Å². The van der Waals surface area contributed by atoms with E-state index in [1.165, 1.54) is 18.1 Å². The van der Waals surface area contributed by atoms with Crippen molar-refractivity contribution >= 4 is 11.6 Å². The summed E-state index contributed by atoms with van der Waals surface area (Å²) in [5, 5.41) is 7.95. The molecule has 1 saturated heterocycles. The van der Waals surface area contributed by atoms with Crippen molar-refractivity contribution in [3.8, 4) is 16.9 Å². The van der Waals surface area contributed by atoms with Crippen LogP contribution in [0.1, 0.15) is 69.5 Å². The smallest absolute Gasteiger partial charge is 0.221 e. The second kappa shape index (κ2) is 9.62. The van der Waals surface area contributed by atoms with Crippen molar-refractivity contribution in [2.45, 2.75) is 73.4 Å². The van der Waals surface area contributed by atoms with Gasteiger partial charge >= 0.3 is 0 Å². The van der Waals surface area contributed by atoms with E-state index in [9.17, 15) is 4.79 Å². The number of aromatic nitrogens is 2. The Morgan fingerprint density at radius 3 is 2.34 bits per heavy atom. The number of halogens is 1. The van der Waals surface area contributed by atoms with Crippen LogP contribution in [0.3, 0.4) is 0 Å². The van der Waals surface area contributed by atoms with Crippen LogP contribution in [0.2, 0.25) is 0 Å². The first-order valence-electron chi connectivity index (χ1n) is 13.6. The van der Waals surface area contributed by atoms with Gasteiger partial charge in [0.25, 0.3) is 0 Å². The second-order valence-electron chi connectivity index (χ2n) is 11.8. The van der Waals surface area contributed by atoms with Gasteiger partial charge < -0.3 is 10.1 Å². The normalized spacial score (nSPS) is 17.8. The molecule has 3 aromatic rings. The number of para-hydroxylation sites is 1. The lowest BCUT2D eigenvalue weighted by molar-refractivity contribution is -0.124. The molecule has 1 fully saturated rings. The first-order chi connectivity index (χ1) is 18.0. The Morgan fingerprint density at radius 2 is 1.79 bits per heavy atom. The standard InChI is InChI=1S/C31H39FN4O2/c1-8-21-11-10-12-22(9-2)27(21)36-28(23-14-25(32)26(13-19(23)3)33-20(4)37)24-15-35(16-31(7)17-38-18-31)30(5,6)29(24)34-36/h10-14H,8-9,15-18H2,1-7H3,(H,33,37). The van der Waals surface area contributed by atoms with Gasteiger partial charge in [-0.25, -0.2) is 9.07 Å². The average molecular weight is 519 g/mol. The molecule has 0 aliphatic carbocycles. The minimum Gasteiger partial charge on any atom is -0.380 e. The van der Waals surface area contributed by atoms with E-state index in [0.29, 0.717) is 0 Å². The van der Waals surface area contributed by atoms with Gasteiger partial charge in [0.1, 0.15) is 5.82 Å². The number of amides is 1. The van der Waals surface area contributed by atoms with Crippen LogP contribution in [0, 0.1) is 18.2 Å². The van der Waals surface area contributed by atoms with E-state index in [0.717, 1.165) is 72.9 Å². The van der Waals surface area contributed by atoms with Crippen LogP contribution in [0.4, 0.5) is 10.1 Å². The summed E-state index contributed by atoms with van der Waals surface area (Å²) >= 11 is 0. The van der Waals surface area contributed by atoms with Crippen LogP contribution in [-0.4, -0.2) is 40.3 Å². The lowest BCUT2D eigenvalue weighted by Gasteiger charge is -2.44. The van der Waals surface area contributed by atoms with E-state index >= 15 is 4.39 Å². The Hall–Kier alpha value is -3.03. The minimum atomic E-state index is -0.449. The number of ether oxygens (including phenoxy) is 1. The van der Waals surface area contributed by atoms with Crippen molar-refractivity contribution in [1.29, 1.82) is 0 Å². The van der Waals surface area contributed by atoms with Crippen molar-refractivity contribution in [3.05, 3.63) is 64.1 Å². The number of fused-ring (bicyclic) bond motifs is 1. The zero-order valence-corrected chi connectivity index (χ0v) is 23.7. The molecule has 0 atom stereocenters. The SMILES string of the molecule is CCc1cccc(CC)c1-n1nc2c(c1-c1cc(F)c(NC(C)=O)cc1C)CN(CC1(C)COC1)C2(C)C. The lowest BCUT2D eigenvalue weighted by Crippen LogP contribution is -2.51. The summed E-state index contributed by atoms with van der Waals surface area (Å²) in [5.74, 6) is -0.743. The highest BCUT2D eigenvalue weighted by Crippen LogP contribution is 2.47. The number of hydrogen-bond donors (Lipinski definition) is 1. The predicted octanol–water partition coefficient (Wildman–Crippen LogP) is 6.16. The van der Waals surface area contributed by atoms with Gasteiger partial charge in [0.2, 0.25) is 5.91 Å². The van der Waals surface area contributed by atoms with Crippen LogP contribution < -0.4 is 5.32 Å². The molecule has 1 aromatic heterocycles. The van der Waals surface area contributed by atoms with Crippen molar-refractivity contribution in [3.63, 3.8) is 0 Å². The molecule has 0 radical (unpaired) electrons. The molecular formula is C31H39FN4O2. The Labute approximate surface area is 225 Å². The number of carbonyl (C=O) groups is 1. The number of carbonyl (C=O) groups excluding carboxylic acids is 1. The first-order valence-corrected chi connectivity index (χ1v) is 13.6. The molecule has 0 bridgehead atoms. The molecule has 0 spiro atoms. The van der Waals surface area contributed by atoms with Crippen molar-refractivity contribution < 1.29 is 13.9 Å². The van der Waals surface area contributed by atoms with Gasteiger partial charge in [-0.1, -0.05) is 39.0 Å². The topological polar surface area (TPSA) is 59.4 Å². The van der Waals surface area contributed by atoms with Gasteiger partial charge in [-0.3, -0.25) is 9.69 Å². The Balaban J connectivity index is 1.74. The largest absolute Gasteiger partial charge is 0.380 e. The molecule has 1 amide bonds. The van der Waals surface area contributed by atoms with E-state index in [4.69, 9.17) is 9.84 Å². The van der Waals surface area contributed by atoms with E-state index in [2.05, 4.69) is 67.7 Å². The number of benzene rings is 2. The fourth-order valence-corrected chi connectivity index (χ4v) is 6.03. The third-order valence-corrected chi connectivity index (χ3v) is 8.23. The molecule has 0 saturated carbocycles. The number of rotatable bonds is 7. The molecule has 6 nitrogen and oxygen atoms in total. The van der Waals surface area contributed by atoms with Gasteiger partial charge in [0, 0.05) is 36.6 Å². The summed E-state index contributed by atoms with van der Waals surface area (Å²) in [6, 6.07) is 9.72. The molecular weight excluding hydrogens is 479 g/mol. The highest BCUT2D eigenvalue weighted by molar-refractivity contribution is 5.89. The van der Waals surface area contributed by atoms with Crippen molar-refractivity contribution in [2.24, 2.45) is 5.41 Å². The van der Waals surface area contributed by atoms with Crippen molar-refractivity contribution in [2.75, 3.05) is 25.1 Å². The molecule has 202 valence electrons. The summed E-state index contributed by atoms with van der Waals surface area (Å²) in [6.07, 6.45) is 1.74. The third-order valence-electron chi connectivity index (χ3n) is 8.23. The maximum atomic E-state index is 15.4. The fraction of sp³-hybridized carbons (Fsp3) is 0.484. The average Bonchev–Trinajstić information content (AvgIpc) is 3.33. The molecule has 7 heteroatoms. The van der Waals surface area contributed by atoms with Crippen LogP contribution in [-0.2, 0) is 34.5 Å². The van der Waals surface area contributed by atoms with E-state index in [1.54, 1.807) is 12.1 Å². The van der Waals surface area contributed by atoms with Crippen LogP contribution in [0.15, 0.2) is 30.3 Å². The van der Waals surface area contributed by atoms with Gasteiger partial charge in [-0.15, -0.1) is 0 Å². The monoisotopic (exact) mass is 518 g/mol. The number of nitrogens with one attached hydrogen (secondary N) is 1. The molecule has 2 aromatic carbocycles.